The predicted molar refractivity (Wildman–Crippen MR) is 50.6 cm³/mol. The highest BCUT2D eigenvalue weighted by atomic mass is 32.1. The van der Waals surface area contributed by atoms with E-state index in [0.717, 1.165) is 15.8 Å². The molecule has 0 spiro atoms. The number of benzene rings is 1. The monoisotopic (exact) mass is 204 g/mol. The lowest BCUT2D eigenvalue weighted by molar-refractivity contribution is 0.881. The second kappa shape index (κ2) is 2.81. The van der Waals surface area contributed by atoms with E-state index in [1.54, 1.807) is 0 Å². The Hall–Kier alpha value is -1.89. The lowest BCUT2D eigenvalue weighted by Gasteiger charge is -1.91. The van der Waals surface area contributed by atoms with Gasteiger partial charge in [-0.3, -0.25) is 0 Å². The molecule has 0 atom stereocenters. The normalized spacial score (nSPS) is 10.9. The summed E-state index contributed by atoms with van der Waals surface area (Å²) < 4.78 is 4.87. The van der Waals surface area contributed by atoms with Crippen LogP contribution in [-0.2, 0) is 0 Å². The summed E-state index contributed by atoms with van der Waals surface area (Å²) in [5.41, 5.74) is 1.81. The molecule has 0 bridgehead atoms. The molecule has 0 amide bonds. The minimum Gasteiger partial charge on any atom is -0.177 e. The van der Waals surface area contributed by atoms with Crippen LogP contribution in [0.2, 0.25) is 0 Å². The molecule has 68 valence electrons. The molecular formula is C7H4N6S. The third-order valence-electron chi connectivity index (χ3n) is 1.85. The van der Waals surface area contributed by atoms with Crippen LogP contribution in [-0.4, -0.2) is 30.2 Å². The van der Waals surface area contributed by atoms with Crippen molar-refractivity contribution in [3.05, 3.63) is 18.2 Å². The van der Waals surface area contributed by atoms with Gasteiger partial charge in [0.1, 0.15) is 5.52 Å². The Kier molecular flexibility index (Phi) is 1.51. The van der Waals surface area contributed by atoms with Gasteiger partial charge in [0.05, 0.1) is 4.70 Å². The number of aromatic nitrogens is 6. The minimum atomic E-state index is 0.584. The van der Waals surface area contributed by atoms with Crippen LogP contribution in [0.3, 0.4) is 0 Å². The second-order valence-electron chi connectivity index (χ2n) is 2.69. The molecule has 6 nitrogen and oxygen atoms in total. The van der Waals surface area contributed by atoms with E-state index in [1.807, 2.05) is 18.2 Å². The van der Waals surface area contributed by atoms with Gasteiger partial charge in [-0.1, -0.05) is 4.49 Å². The molecule has 3 rings (SSSR count). The zero-order valence-electron chi connectivity index (χ0n) is 6.88. The molecule has 0 saturated heterocycles. The van der Waals surface area contributed by atoms with Gasteiger partial charge < -0.3 is 0 Å². The van der Waals surface area contributed by atoms with Crippen LogP contribution in [0.15, 0.2) is 18.2 Å². The number of hydrogen-bond acceptors (Lipinski definition) is 6. The van der Waals surface area contributed by atoms with Gasteiger partial charge in [-0.05, 0) is 34.9 Å². The van der Waals surface area contributed by atoms with Crippen LogP contribution in [0.5, 0.6) is 0 Å². The molecule has 14 heavy (non-hydrogen) atoms. The van der Waals surface area contributed by atoms with E-state index in [2.05, 4.69) is 30.2 Å². The average Bonchev–Trinajstić information content (AvgIpc) is 2.88. The quantitative estimate of drug-likeness (QED) is 0.636. The molecule has 0 aliphatic carbocycles. The zero-order valence-corrected chi connectivity index (χ0v) is 7.69. The number of nitrogens with zero attached hydrogens (tertiary/aromatic N) is 5. The highest BCUT2D eigenvalue weighted by molar-refractivity contribution is 7.12. The van der Waals surface area contributed by atoms with Gasteiger partial charge in [-0.25, -0.2) is 0 Å². The first-order chi connectivity index (χ1) is 6.93. The Morgan fingerprint density at radius 1 is 1.21 bits per heavy atom. The largest absolute Gasteiger partial charge is 0.204 e. The van der Waals surface area contributed by atoms with E-state index in [4.69, 9.17) is 0 Å². The number of rotatable bonds is 1. The van der Waals surface area contributed by atoms with Crippen molar-refractivity contribution < 1.29 is 0 Å². The SMILES string of the molecule is c1cc2nnsc2cc1-c1nn[nH]n1. The van der Waals surface area contributed by atoms with E-state index >= 15 is 0 Å². The molecular weight excluding hydrogens is 200 g/mol. The molecule has 0 aliphatic heterocycles. The van der Waals surface area contributed by atoms with Crippen LogP contribution in [0.1, 0.15) is 0 Å². The van der Waals surface area contributed by atoms with Gasteiger partial charge in [-0.2, -0.15) is 5.21 Å². The molecule has 1 aromatic carbocycles. The van der Waals surface area contributed by atoms with Crippen molar-refractivity contribution in [3.63, 3.8) is 0 Å². The number of H-pyrrole nitrogens is 1. The summed E-state index contributed by atoms with van der Waals surface area (Å²) in [6, 6.07) is 5.74. The van der Waals surface area contributed by atoms with Gasteiger partial charge >= 0.3 is 0 Å². The van der Waals surface area contributed by atoms with E-state index in [1.165, 1.54) is 11.5 Å². The van der Waals surface area contributed by atoms with Crippen molar-refractivity contribution >= 4 is 21.7 Å². The predicted octanol–water partition coefficient (Wildman–Crippen LogP) is 0.871. The summed E-state index contributed by atoms with van der Waals surface area (Å²) in [7, 11) is 0. The molecule has 0 saturated carbocycles. The summed E-state index contributed by atoms with van der Waals surface area (Å²) in [5.74, 6) is 0.584. The third-order valence-corrected chi connectivity index (χ3v) is 2.54. The second-order valence-corrected chi connectivity index (χ2v) is 3.48. The lowest BCUT2D eigenvalue weighted by atomic mass is 10.2. The lowest BCUT2D eigenvalue weighted by Crippen LogP contribution is -1.80. The van der Waals surface area contributed by atoms with Gasteiger partial charge in [0, 0.05) is 5.56 Å². The Balaban J connectivity index is 2.23. The fourth-order valence-electron chi connectivity index (χ4n) is 1.20. The fourth-order valence-corrected chi connectivity index (χ4v) is 1.80. The number of tetrazole rings is 1. The highest BCUT2D eigenvalue weighted by Gasteiger charge is 2.05. The van der Waals surface area contributed by atoms with Crippen LogP contribution in [0.4, 0.5) is 0 Å². The van der Waals surface area contributed by atoms with Gasteiger partial charge in [0.15, 0.2) is 0 Å². The molecule has 0 unspecified atom stereocenters. The number of aromatic amines is 1. The van der Waals surface area contributed by atoms with E-state index in [-0.39, 0.29) is 0 Å². The first-order valence-electron chi connectivity index (χ1n) is 3.89. The van der Waals surface area contributed by atoms with Crippen molar-refractivity contribution in [2.75, 3.05) is 0 Å². The van der Waals surface area contributed by atoms with E-state index in [9.17, 15) is 0 Å². The molecule has 3 aromatic rings. The van der Waals surface area contributed by atoms with Crippen molar-refractivity contribution in [1.82, 2.24) is 30.2 Å². The van der Waals surface area contributed by atoms with Crippen LogP contribution in [0.25, 0.3) is 21.6 Å². The van der Waals surface area contributed by atoms with E-state index < -0.39 is 0 Å². The van der Waals surface area contributed by atoms with Crippen molar-refractivity contribution in [2.45, 2.75) is 0 Å². The van der Waals surface area contributed by atoms with Gasteiger partial charge in [0.2, 0.25) is 5.82 Å². The average molecular weight is 204 g/mol. The smallest absolute Gasteiger partial charge is 0.177 e. The standard InChI is InChI=1S/C7H4N6S/c1-2-5-6(14-13-8-5)3-4(1)7-9-11-12-10-7/h1-3H,(H,9,10,11,12). The van der Waals surface area contributed by atoms with Gasteiger partial charge in [-0.15, -0.1) is 15.3 Å². The van der Waals surface area contributed by atoms with E-state index in [0.29, 0.717) is 5.82 Å². The number of hydrogen-bond donors (Lipinski definition) is 1. The van der Waals surface area contributed by atoms with Crippen LogP contribution in [0, 0.1) is 0 Å². The fraction of sp³-hybridized carbons (Fsp3) is 0. The first-order valence-corrected chi connectivity index (χ1v) is 4.67. The number of fused-ring (bicyclic) bond motifs is 1. The molecule has 7 heteroatoms. The Morgan fingerprint density at radius 3 is 3.07 bits per heavy atom. The van der Waals surface area contributed by atoms with Gasteiger partial charge in [0.25, 0.3) is 0 Å². The molecule has 1 N–H and O–H groups in total. The Morgan fingerprint density at radius 2 is 2.21 bits per heavy atom. The summed E-state index contributed by atoms with van der Waals surface area (Å²) >= 11 is 1.35. The maximum absolute atomic E-state index is 3.95. The molecule has 0 radical (unpaired) electrons. The summed E-state index contributed by atoms with van der Waals surface area (Å²) in [5, 5.41) is 17.6. The van der Waals surface area contributed by atoms with Crippen molar-refractivity contribution in [1.29, 1.82) is 0 Å². The third kappa shape index (κ3) is 1.06. The van der Waals surface area contributed by atoms with Crippen LogP contribution >= 0.6 is 11.5 Å². The van der Waals surface area contributed by atoms with Crippen molar-refractivity contribution in [3.8, 4) is 11.4 Å². The molecule has 2 aromatic heterocycles. The summed E-state index contributed by atoms with van der Waals surface area (Å²) in [4.78, 5) is 0. The van der Waals surface area contributed by atoms with Crippen molar-refractivity contribution in [2.24, 2.45) is 0 Å². The maximum atomic E-state index is 3.95. The first kappa shape index (κ1) is 7.51. The highest BCUT2D eigenvalue weighted by Crippen LogP contribution is 2.21. The minimum absolute atomic E-state index is 0.584. The van der Waals surface area contributed by atoms with Crippen LogP contribution < -0.4 is 0 Å². The zero-order chi connectivity index (χ0) is 9.38. The number of nitrogens with one attached hydrogen (secondary N) is 1. The molecule has 0 aliphatic rings. The maximum Gasteiger partial charge on any atom is 0.204 e. The molecule has 2 heterocycles. The summed E-state index contributed by atoms with van der Waals surface area (Å²) in [6.45, 7) is 0. The topological polar surface area (TPSA) is 80.2 Å². The Labute approximate surface area is 82.1 Å². The molecule has 0 fully saturated rings. The Bertz CT molecular complexity index is 556. The summed E-state index contributed by atoms with van der Waals surface area (Å²) in [6.07, 6.45) is 0.